The quantitative estimate of drug-likeness (QED) is 0.795. The van der Waals surface area contributed by atoms with Crippen LogP contribution >= 0.6 is 11.6 Å². The summed E-state index contributed by atoms with van der Waals surface area (Å²) in [7, 11) is 0. The lowest BCUT2D eigenvalue weighted by Gasteiger charge is -2.43. The Morgan fingerprint density at radius 3 is 2.68 bits per heavy atom. The Morgan fingerprint density at radius 2 is 2.11 bits per heavy atom. The summed E-state index contributed by atoms with van der Waals surface area (Å²) >= 11 is 6.00. The number of nitrogens with zero attached hydrogens (tertiary/aromatic N) is 1. The van der Waals surface area contributed by atoms with E-state index in [-0.39, 0.29) is 0 Å². The molecule has 0 spiro atoms. The minimum Gasteiger partial charge on any atom is -0.380 e. The Kier molecular flexibility index (Phi) is 2.87. The van der Waals surface area contributed by atoms with Crippen LogP contribution in [0.2, 0.25) is 5.15 Å². The standard InChI is InChI=1S/C16H23ClN2/c1-10-7-12(9-18-13(10)17)19-14-15(2,3)11-5-6-16(14,4)8-11/h7,9,11,14,19H,5-6,8H2,1-4H3. The molecule has 0 aliphatic heterocycles. The Balaban J connectivity index is 1.88. The van der Waals surface area contributed by atoms with Gasteiger partial charge in [-0.15, -0.1) is 0 Å². The van der Waals surface area contributed by atoms with Crippen LogP contribution in [0.5, 0.6) is 0 Å². The predicted molar refractivity (Wildman–Crippen MR) is 80.6 cm³/mol. The first-order chi connectivity index (χ1) is 8.83. The molecule has 0 amide bonds. The SMILES string of the molecule is Cc1cc(NC2C3(C)CCC(C3)C2(C)C)cnc1Cl. The zero-order valence-electron chi connectivity index (χ0n) is 12.3. The van der Waals surface area contributed by atoms with Gasteiger partial charge in [-0.2, -0.15) is 0 Å². The third kappa shape index (κ3) is 1.96. The maximum Gasteiger partial charge on any atom is 0.132 e. The van der Waals surface area contributed by atoms with E-state index in [0.29, 0.717) is 22.0 Å². The highest BCUT2D eigenvalue weighted by Gasteiger charge is 2.59. The van der Waals surface area contributed by atoms with Crippen molar-refractivity contribution >= 4 is 17.3 Å². The maximum absolute atomic E-state index is 6.00. The van der Waals surface area contributed by atoms with Crippen molar-refractivity contribution in [2.24, 2.45) is 16.7 Å². The second-order valence-electron chi connectivity index (χ2n) is 7.32. The zero-order chi connectivity index (χ0) is 13.8. The highest BCUT2D eigenvalue weighted by Crippen LogP contribution is 2.63. The second-order valence-corrected chi connectivity index (χ2v) is 7.68. The van der Waals surface area contributed by atoms with Crippen molar-refractivity contribution in [1.82, 2.24) is 4.98 Å². The number of pyridine rings is 1. The normalized spacial score (nSPS) is 35.6. The molecule has 2 saturated carbocycles. The van der Waals surface area contributed by atoms with Gasteiger partial charge in [0.05, 0.1) is 11.9 Å². The topological polar surface area (TPSA) is 24.9 Å². The van der Waals surface area contributed by atoms with Crippen molar-refractivity contribution in [3.8, 4) is 0 Å². The molecule has 3 heteroatoms. The summed E-state index contributed by atoms with van der Waals surface area (Å²) < 4.78 is 0. The molecule has 3 unspecified atom stereocenters. The van der Waals surface area contributed by atoms with Gasteiger partial charge in [0.25, 0.3) is 0 Å². The van der Waals surface area contributed by atoms with Gasteiger partial charge in [0.2, 0.25) is 0 Å². The monoisotopic (exact) mass is 278 g/mol. The fourth-order valence-corrected chi connectivity index (χ4v) is 4.57. The molecule has 2 aliphatic carbocycles. The Bertz CT molecular complexity index is 507. The molecule has 19 heavy (non-hydrogen) atoms. The Morgan fingerprint density at radius 1 is 1.37 bits per heavy atom. The predicted octanol–water partition coefficient (Wildman–Crippen LogP) is 4.67. The van der Waals surface area contributed by atoms with Crippen molar-refractivity contribution in [1.29, 1.82) is 0 Å². The maximum atomic E-state index is 6.00. The smallest absolute Gasteiger partial charge is 0.132 e. The zero-order valence-corrected chi connectivity index (χ0v) is 13.0. The van der Waals surface area contributed by atoms with E-state index in [1.165, 1.54) is 19.3 Å². The molecule has 2 nitrogen and oxygen atoms in total. The second kappa shape index (κ2) is 4.12. The van der Waals surface area contributed by atoms with Crippen LogP contribution in [0, 0.1) is 23.7 Å². The third-order valence-electron chi connectivity index (χ3n) is 5.60. The summed E-state index contributed by atoms with van der Waals surface area (Å²) in [5.41, 5.74) is 2.94. The lowest BCUT2D eigenvalue weighted by molar-refractivity contribution is 0.155. The summed E-state index contributed by atoms with van der Waals surface area (Å²) in [5, 5.41) is 4.35. The first-order valence-corrected chi connectivity index (χ1v) is 7.59. The van der Waals surface area contributed by atoms with Gasteiger partial charge in [0.1, 0.15) is 5.15 Å². The summed E-state index contributed by atoms with van der Waals surface area (Å²) in [6.07, 6.45) is 5.96. The number of aryl methyl sites for hydroxylation is 1. The molecule has 3 atom stereocenters. The average molecular weight is 279 g/mol. The lowest BCUT2D eigenvalue weighted by atomic mass is 9.68. The van der Waals surface area contributed by atoms with Crippen LogP contribution in [-0.2, 0) is 0 Å². The van der Waals surface area contributed by atoms with Crippen molar-refractivity contribution < 1.29 is 0 Å². The molecule has 1 aromatic rings. The van der Waals surface area contributed by atoms with Crippen molar-refractivity contribution in [2.75, 3.05) is 5.32 Å². The summed E-state index contributed by atoms with van der Waals surface area (Å²) in [6, 6.07) is 2.64. The largest absolute Gasteiger partial charge is 0.380 e. The molecule has 1 heterocycles. The minimum atomic E-state index is 0.362. The van der Waals surface area contributed by atoms with Crippen molar-refractivity contribution in [3.63, 3.8) is 0 Å². The van der Waals surface area contributed by atoms with E-state index < -0.39 is 0 Å². The number of rotatable bonds is 2. The highest BCUT2D eigenvalue weighted by atomic mass is 35.5. The molecule has 2 fully saturated rings. The number of hydrogen-bond donors (Lipinski definition) is 1. The Hall–Kier alpha value is -0.760. The van der Waals surface area contributed by atoms with Gasteiger partial charge in [-0.1, -0.05) is 32.4 Å². The molecule has 104 valence electrons. The molecule has 1 aromatic heterocycles. The van der Waals surface area contributed by atoms with Gasteiger partial charge in [0, 0.05) is 6.04 Å². The van der Waals surface area contributed by atoms with Gasteiger partial charge in [-0.25, -0.2) is 4.98 Å². The number of nitrogens with one attached hydrogen (secondary N) is 1. The molecule has 0 aromatic carbocycles. The van der Waals surface area contributed by atoms with E-state index >= 15 is 0 Å². The first kappa shape index (κ1) is 13.2. The summed E-state index contributed by atoms with van der Waals surface area (Å²) in [6.45, 7) is 9.27. The highest BCUT2D eigenvalue weighted by molar-refractivity contribution is 6.30. The summed E-state index contributed by atoms with van der Waals surface area (Å²) in [4.78, 5) is 4.26. The molecule has 2 aliphatic rings. The number of fused-ring (bicyclic) bond motifs is 2. The van der Waals surface area contributed by atoms with Crippen LogP contribution in [0.1, 0.15) is 45.6 Å². The van der Waals surface area contributed by atoms with E-state index in [0.717, 1.165) is 17.2 Å². The van der Waals surface area contributed by atoms with Gasteiger partial charge in [0.15, 0.2) is 0 Å². The third-order valence-corrected chi connectivity index (χ3v) is 5.99. The molecule has 3 rings (SSSR count). The van der Waals surface area contributed by atoms with Crippen LogP contribution in [0.4, 0.5) is 5.69 Å². The van der Waals surface area contributed by atoms with Crippen molar-refractivity contribution in [2.45, 2.75) is 53.0 Å². The average Bonchev–Trinajstić information content (AvgIpc) is 2.80. The van der Waals surface area contributed by atoms with E-state index in [9.17, 15) is 0 Å². The summed E-state index contributed by atoms with van der Waals surface area (Å²) in [5.74, 6) is 0.858. The number of hydrogen-bond acceptors (Lipinski definition) is 2. The molecular weight excluding hydrogens is 256 g/mol. The van der Waals surface area contributed by atoms with E-state index in [1.54, 1.807) is 0 Å². The van der Waals surface area contributed by atoms with Gasteiger partial charge in [-0.05, 0) is 54.6 Å². The first-order valence-electron chi connectivity index (χ1n) is 7.22. The van der Waals surface area contributed by atoms with Crippen LogP contribution in [0.15, 0.2) is 12.3 Å². The molecule has 1 N–H and O–H groups in total. The van der Waals surface area contributed by atoms with Gasteiger partial charge in [-0.3, -0.25) is 0 Å². The van der Waals surface area contributed by atoms with E-state index in [1.807, 2.05) is 13.1 Å². The van der Waals surface area contributed by atoms with Gasteiger partial charge >= 0.3 is 0 Å². The van der Waals surface area contributed by atoms with Crippen LogP contribution in [-0.4, -0.2) is 11.0 Å². The lowest BCUT2D eigenvalue weighted by Crippen LogP contribution is -2.45. The molecule has 0 saturated heterocycles. The number of anilines is 1. The fraction of sp³-hybridized carbons (Fsp3) is 0.688. The number of aromatic nitrogens is 1. The fourth-order valence-electron chi connectivity index (χ4n) is 4.47. The molecule has 0 radical (unpaired) electrons. The molecular formula is C16H23ClN2. The van der Waals surface area contributed by atoms with E-state index in [4.69, 9.17) is 11.6 Å². The van der Waals surface area contributed by atoms with Crippen LogP contribution in [0.25, 0.3) is 0 Å². The molecule has 2 bridgehead atoms. The number of halogens is 1. The van der Waals surface area contributed by atoms with Crippen LogP contribution < -0.4 is 5.32 Å². The minimum absolute atomic E-state index is 0.362. The van der Waals surface area contributed by atoms with E-state index in [2.05, 4.69) is 37.1 Å². The van der Waals surface area contributed by atoms with Crippen molar-refractivity contribution in [3.05, 3.63) is 23.0 Å². The Labute approximate surface area is 121 Å². The van der Waals surface area contributed by atoms with Crippen LogP contribution in [0.3, 0.4) is 0 Å². The van der Waals surface area contributed by atoms with Gasteiger partial charge < -0.3 is 5.32 Å².